The minimum Gasteiger partial charge on any atom is -0.376 e. The van der Waals surface area contributed by atoms with Gasteiger partial charge in [0.1, 0.15) is 19.3 Å². The second kappa shape index (κ2) is 12.1. The number of unbranched alkanes of at least 4 members (excludes halogenated alkanes) is 2. The molecule has 1 heterocycles. The quantitative estimate of drug-likeness (QED) is 0.386. The van der Waals surface area contributed by atoms with Gasteiger partial charge in [-0.15, -0.1) is 6.58 Å². The van der Waals surface area contributed by atoms with E-state index in [1.54, 1.807) is 6.08 Å². The zero-order chi connectivity index (χ0) is 15.3. The van der Waals surface area contributed by atoms with Crippen LogP contribution in [-0.2, 0) is 23.7 Å². The lowest BCUT2D eigenvalue weighted by molar-refractivity contribution is -0.0850. The Labute approximate surface area is 128 Å². The van der Waals surface area contributed by atoms with E-state index in [2.05, 4.69) is 13.5 Å². The lowest BCUT2D eigenvalue weighted by Crippen LogP contribution is -2.27. The molecule has 2 radical (unpaired) electrons. The first-order chi connectivity index (χ1) is 10.3. The summed E-state index contributed by atoms with van der Waals surface area (Å²) >= 11 is 0. The third-order valence-corrected chi connectivity index (χ3v) is 3.20. The van der Waals surface area contributed by atoms with Crippen molar-refractivity contribution in [1.82, 2.24) is 0 Å². The lowest BCUT2D eigenvalue weighted by Gasteiger charge is -2.16. The molecule has 21 heavy (non-hydrogen) atoms. The molecule has 0 N–H and O–H groups in total. The van der Waals surface area contributed by atoms with Gasteiger partial charge in [-0.3, -0.25) is 0 Å². The van der Waals surface area contributed by atoms with Crippen LogP contribution in [-0.4, -0.2) is 51.5 Å². The van der Waals surface area contributed by atoms with E-state index in [1.807, 2.05) is 0 Å². The summed E-state index contributed by atoms with van der Waals surface area (Å²) in [5.41, 5.74) is 0. The molecule has 0 amide bonds. The standard InChI is InChI=1S/C16H28O5/c1-4-6-7-8-16-20-13-15(21-16)12-19-11-14(17-3)10-18-9-5-2/h3,5,14-16H,2,4,6-13H2,1H3. The van der Waals surface area contributed by atoms with Crippen molar-refractivity contribution in [3.05, 3.63) is 19.8 Å². The van der Waals surface area contributed by atoms with E-state index in [4.69, 9.17) is 30.8 Å². The van der Waals surface area contributed by atoms with Crippen molar-refractivity contribution >= 4 is 0 Å². The van der Waals surface area contributed by atoms with Crippen molar-refractivity contribution in [2.45, 2.75) is 51.1 Å². The first kappa shape index (κ1) is 18.6. The third-order valence-electron chi connectivity index (χ3n) is 3.20. The van der Waals surface area contributed by atoms with E-state index in [1.165, 1.54) is 12.8 Å². The number of hydrogen-bond acceptors (Lipinski definition) is 5. The Balaban J connectivity index is 2.05. The Bertz CT molecular complexity index is 259. The molecule has 1 aliphatic heterocycles. The molecular formula is C16H28O5. The molecule has 3 atom stereocenters. The van der Waals surface area contributed by atoms with Gasteiger partial charge in [0, 0.05) is 0 Å². The van der Waals surface area contributed by atoms with Crippen LogP contribution in [0.3, 0.4) is 0 Å². The van der Waals surface area contributed by atoms with Gasteiger partial charge in [0.25, 0.3) is 0 Å². The summed E-state index contributed by atoms with van der Waals surface area (Å²) in [5.74, 6) is 0. The van der Waals surface area contributed by atoms with Gasteiger partial charge in [0.05, 0.1) is 33.0 Å². The fraction of sp³-hybridized carbons (Fsp3) is 0.812. The molecule has 5 heteroatoms. The van der Waals surface area contributed by atoms with E-state index in [0.717, 1.165) is 12.8 Å². The fourth-order valence-corrected chi connectivity index (χ4v) is 2.05. The minimum absolute atomic E-state index is 0.0101. The molecule has 0 spiro atoms. The second-order valence-electron chi connectivity index (χ2n) is 5.14. The summed E-state index contributed by atoms with van der Waals surface area (Å²) in [4.78, 5) is 0. The monoisotopic (exact) mass is 300 g/mol. The van der Waals surface area contributed by atoms with Gasteiger partial charge in [-0.2, -0.15) is 0 Å². The highest BCUT2D eigenvalue weighted by Gasteiger charge is 2.25. The van der Waals surface area contributed by atoms with Crippen molar-refractivity contribution in [2.24, 2.45) is 0 Å². The topological polar surface area (TPSA) is 46.2 Å². The van der Waals surface area contributed by atoms with Crippen LogP contribution in [0, 0.1) is 7.11 Å². The highest BCUT2D eigenvalue weighted by molar-refractivity contribution is 4.67. The summed E-state index contributed by atoms with van der Waals surface area (Å²) in [6, 6.07) is 0. The number of ether oxygens (including phenoxy) is 5. The van der Waals surface area contributed by atoms with Crippen molar-refractivity contribution < 1.29 is 23.7 Å². The molecule has 1 aliphatic rings. The summed E-state index contributed by atoms with van der Waals surface area (Å²) in [6.07, 6.45) is 5.81. The van der Waals surface area contributed by atoms with Crippen molar-refractivity contribution in [2.75, 3.05) is 33.0 Å². The van der Waals surface area contributed by atoms with Crippen LogP contribution in [0.25, 0.3) is 0 Å². The lowest BCUT2D eigenvalue weighted by atomic mass is 10.2. The van der Waals surface area contributed by atoms with Crippen LogP contribution in [0.4, 0.5) is 0 Å². The molecule has 0 bridgehead atoms. The van der Waals surface area contributed by atoms with E-state index in [9.17, 15) is 0 Å². The maximum atomic E-state index is 5.76. The molecular weight excluding hydrogens is 272 g/mol. The molecule has 1 saturated heterocycles. The van der Waals surface area contributed by atoms with Crippen LogP contribution in [0.15, 0.2) is 12.7 Å². The number of rotatable bonds is 13. The predicted octanol–water partition coefficient (Wildman–Crippen LogP) is 2.58. The van der Waals surface area contributed by atoms with Gasteiger partial charge in [0.2, 0.25) is 0 Å². The molecule has 0 aliphatic carbocycles. The Morgan fingerprint density at radius 2 is 2.14 bits per heavy atom. The Kier molecular flexibility index (Phi) is 10.7. The Morgan fingerprint density at radius 1 is 1.33 bits per heavy atom. The summed E-state index contributed by atoms with van der Waals surface area (Å²) in [5, 5.41) is 0. The normalized spacial score (nSPS) is 23.3. The van der Waals surface area contributed by atoms with Gasteiger partial charge >= 0.3 is 0 Å². The highest BCUT2D eigenvalue weighted by atomic mass is 16.7. The fourth-order valence-electron chi connectivity index (χ4n) is 2.05. The van der Waals surface area contributed by atoms with Crippen LogP contribution >= 0.6 is 0 Å². The van der Waals surface area contributed by atoms with Crippen molar-refractivity contribution in [3.63, 3.8) is 0 Å². The molecule has 0 saturated carbocycles. The van der Waals surface area contributed by atoms with Crippen LogP contribution < -0.4 is 0 Å². The average Bonchev–Trinajstić information content (AvgIpc) is 2.94. The van der Waals surface area contributed by atoms with Gasteiger partial charge in [-0.05, 0) is 12.8 Å². The van der Waals surface area contributed by atoms with Gasteiger partial charge in [-0.1, -0.05) is 25.8 Å². The Morgan fingerprint density at radius 3 is 2.86 bits per heavy atom. The van der Waals surface area contributed by atoms with E-state index >= 15 is 0 Å². The SMILES string of the molecule is [CH]OC(COCC=C)COCC1COC(CCCCC)O1. The van der Waals surface area contributed by atoms with E-state index in [0.29, 0.717) is 33.0 Å². The van der Waals surface area contributed by atoms with Crippen LogP contribution in [0.1, 0.15) is 32.6 Å². The van der Waals surface area contributed by atoms with Gasteiger partial charge in [-0.25, -0.2) is 0 Å². The molecule has 3 unspecified atom stereocenters. The average molecular weight is 300 g/mol. The molecule has 1 rings (SSSR count). The van der Waals surface area contributed by atoms with E-state index < -0.39 is 0 Å². The largest absolute Gasteiger partial charge is 0.376 e. The molecule has 0 aromatic heterocycles. The third kappa shape index (κ3) is 8.53. The number of hydrogen-bond donors (Lipinski definition) is 0. The first-order valence-corrected chi connectivity index (χ1v) is 7.69. The van der Waals surface area contributed by atoms with Crippen molar-refractivity contribution in [3.8, 4) is 0 Å². The summed E-state index contributed by atoms with van der Waals surface area (Å²) < 4.78 is 27.0. The second-order valence-corrected chi connectivity index (χ2v) is 5.14. The maximum absolute atomic E-state index is 5.76. The molecule has 0 aromatic carbocycles. The van der Waals surface area contributed by atoms with Crippen LogP contribution in [0.2, 0.25) is 0 Å². The summed E-state index contributed by atoms with van der Waals surface area (Å²) in [6.45, 7) is 8.03. The maximum Gasteiger partial charge on any atom is 0.158 e. The summed E-state index contributed by atoms with van der Waals surface area (Å²) in [7, 11) is 5.20. The predicted molar refractivity (Wildman–Crippen MR) is 79.8 cm³/mol. The van der Waals surface area contributed by atoms with Gasteiger partial charge in [0.15, 0.2) is 6.29 Å². The van der Waals surface area contributed by atoms with Gasteiger partial charge < -0.3 is 23.7 Å². The molecule has 1 fully saturated rings. The highest BCUT2D eigenvalue weighted by Crippen LogP contribution is 2.17. The van der Waals surface area contributed by atoms with E-state index in [-0.39, 0.29) is 18.5 Å². The molecule has 5 nitrogen and oxygen atoms in total. The zero-order valence-electron chi connectivity index (χ0n) is 13.0. The first-order valence-electron chi connectivity index (χ1n) is 7.69. The van der Waals surface area contributed by atoms with Crippen LogP contribution in [0.5, 0.6) is 0 Å². The smallest absolute Gasteiger partial charge is 0.158 e. The Hall–Kier alpha value is -0.460. The van der Waals surface area contributed by atoms with Crippen molar-refractivity contribution in [1.29, 1.82) is 0 Å². The molecule has 122 valence electrons. The molecule has 0 aromatic rings. The zero-order valence-corrected chi connectivity index (χ0v) is 13.0. The minimum atomic E-state index is -0.285.